The Bertz CT molecular complexity index is 928. The van der Waals surface area contributed by atoms with E-state index in [4.69, 9.17) is 4.74 Å². The molecule has 0 radical (unpaired) electrons. The third-order valence-electron chi connectivity index (χ3n) is 4.74. The molecular weight excluding hydrogens is 328 g/mol. The Kier molecular flexibility index (Phi) is 4.48. The highest BCUT2D eigenvalue weighted by molar-refractivity contribution is 5.92. The van der Waals surface area contributed by atoms with Gasteiger partial charge < -0.3 is 20.4 Å². The van der Waals surface area contributed by atoms with Gasteiger partial charge in [-0.2, -0.15) is 0 Å². The fourth-order valence-electron chi connectivity index (χ4n) is 3.40. The molecule has 0 unspecified atom stereocenters. The predicted octanol–water partition coefficient (Wildman–Crippen LogP) is 4.07. The topological polar surface area (TPSA) is 79.0 Å². The monoisotopic (exact) mass is 350 g/mol. The molecule has 4 rings (SSSR count). The van der Waals surface area contributed by atoms with Crippen molar-refractivity contribution in [1.82, 2.24) is 15.3 Å². The van der Waals surface area contributed by atoms with E-state index in [9.17, 15) is 4.79 Å². The van der Waals surface area contributed by atoms with Gasteiger partial charge >= 0.3 is 0 Å². The van der Waals surface area contributed by atoms with Crippen LogP contribution < -0.4 is 15.4 Å². The number of aromatic nitrogens is 2. The quantitative estimate of drug-likeness (QED) is 0.648. The summed E-state index contributed by atoms with van der Waals surface area (Å²) in [5.74, 6) is 2.10. The minimum absolute atomic E-state index is 0.238. The van der Waals surface area contributed by atoms with Crippen LogP contribution in [0.5, 0.6) is 11.5 Å². The molecule has 0 spiro atoms. The third-order valence-corrected chi connectivity index (χ3v) is 4.74. The van der Waals surface area contributed by atoms with Gasteiger partial charge in [0.15, 0.2) is 0 Å². The number of benzene rings is 1. The molecule has 0 bridgehead atoms. The van der Waals surface area contributed by atoms with E-state index >= 15 is 0 Å². The van der Waals surface area contributed by atoms with Crippen LogP contribution in [-0.4, -0.2) is 29.0 Å². The van der Waals surface area contributed by atoms with Crippen molar-refractivity contribution in [2.75, 3.05) is 12.4 Å². The number of nitrogens with zero attached hydrogens (tertiary/aromatic N) is 1. The van der Waals surface area contributed by atoms with Gasteiger partial charge in [-0.1, -0.05) is 12.8 Å². The first kappa shape index (κ1) is 16.4. The summed E-state index contributed by atoms with van der Waals surface area (Å²) in [6, 6.07) is 12.0. The number of aromatic amines is 1. The summed E-state index contributed by atoms with van der Waals surface area (Å²) >= 11 is 0. The maximum atomic E-state index is 11.7. The fourth-order valence-corrected chi connectivity index (χ4v) is 3.40. The summed E-state index contributed by atoms with van der Waals surface area (Å²) < 4.78 is 5.90. The van der Waals surface area contributed by atoms with Gasteiger partial charge in [-0.05, 0) is 37.1 Å². The van der Waals surface area contributed by atoms with Crippen LogP contribution >= 0.6 is 0 Å². The van der Waals surface area contributed by atoms with Crippen molar-refractivity contribution in [1.29, 1.82) is 0 Å². The standard InChI is InChI=1S/C20H22N4O2/c1-21-20(25)18-12-16(8-9-22-18)26-15-7-6-13-10-19(24-17(13)11-15)23-14-4-2-3-5-14/h6-12,14,23-24H,2-5H2,1H3,(H,21,25). The summed E-state index contributed by atoms with van der Waals surface area (Å²) in [4.78, 5) is 19.2. The Labute approximate surface area is 152 Å². The second-order valence-corrected chi connectivity index (χ2v) is 6.62. The second-order valence-electron chi connectivity index (χ2n) is 6.62. The number of carbonyl (C=O) groups excluding carboxylic acids is 1. The molecule has 1 aromatic carbocycles. The van der Waals surface area contributed by atoms with E-state index in [1.54, 1.807) is 25.4 Å². The van der Waals surface area contributed by atoms with Gasteiger partial charge in [0.2, 0.25) is 0 Å². The van der Waals surface area contributed by atoms with Gasteiger partial charge in [-0.15, -0.1) is 0 Å². The van der Waals surface area contributed by atoms with Gasteiger partial charge in [0.05, 0.1) is 5.52 Å². The lowest BCUT2D eigenvalue weighted by atomic mass is 10.2. The van der Waals surface area contributed by atoms with E-state index in [1.807, 2.05) is 18.2 Å². The normalized spacial score (nSPS) is 14.5. The molecule has 2 heterocycles. The second kappa shape index (κ2) is 7.07. The maximum Gasteiger partial charge on any atom is 0.269 e. The Morgan fingerprint density at radius 3 is 2.77 bits per heavy atom. The number of anilines is 1. The van der Waals surface area contributed by atoms with Crippen LogP contribution in [0.3, 0.4) is 0 Å². The molecule has 3 N–H and O–H groups in total. The molecule has 0 aliphatic heterocycles. The van der Waals surface area contributed by atoms with Crippen LogP contribution in [-0.2, 0) is 0 Å². The highest BCUT2D eigenvalue weighted by atomic mass is 16.5. The van der Waals surface area contributed by atoms with Crippen LogP contribution in [0.25, 0.3) is 10.9 Å². The summed E-state index contributed by atoms with van der Waals surface area (Å²) in [6.07, 6.45) is 6.65. The van der Waals surface area contributed by atoms with Crippen molar-refractivity contribution in [3.8, 4) is 11.5 Å². The first-order chi connectivity index (χ1) is 12.7. The predicted molar refractivity (Wildman–Crippen MR) is 102 cm³/mol. The molecule has 6 nitrogen and oxygen atoms in total. The first-order valence-corrected chi connectivity index (χ1v) is 8.96. The highest BCUT2D eigenvalue weighted by Crippen LogP contribution is 2.29. The Hall–Kier alpha value is -3.02. The lowest BCUT2D eigenvalue weighted by molar-refractivity contribution is 0.0958. The van der Waals surface area contributed by atoms with Gasteiger partial charge in [0.25, 0.3) is 5.91 Å². The molecule has 0 saturated heterocycles. The zero-order chi connectivity index (χ0) is 17.9. The van der Waals surface area contributed by atoms with Gasteiger partial charge in [-0.25, -0.2) is 0 Å². The van der Waals surface area contributed by atoms with Crippen molar-refractivity contribution in [2.24, 2.45) is 0 Å². The number of H-pyrrole nitrogens is 1. The number of rotatable bonds is 5. The van der Waals surface area contributed by atoms with Crippen molar-refractivity contribution in [3.05, 3.63) is 48.3 Å². The average molecular weight is 350 g/mol. The highest BCUT2D eigenvalue weighted by Gasteiger charge is 2.15. The number of nitrogens with one attached hydrogen (secondary N) is 3. The van der Waals surface area contributed by atoms with Gasteiger partial charge in [0, 0.05) is 36.8 Å². The number of ether oxygens (including phenoxy) is 1. The van der Waals surface area contributed by atoms with E-state index in [-0.39, 0.29) is 5.91 Å². The molecule has 1 aliphatic rings. The van der Waals surface area contributed by atoms with E-state index in [2.05, 4.69) is 26.7 Å². The molecule has 1 aliphatic carbocycles. The van der Waals surface area contributed by atoms with Crippen molar-refractivity contribution in [3.63, 3.8) is 0 Å². The zero-order valence-corrected chi connectivity index (χ0v) is 14.7. The molecule has 1 fully saturated rings. The Balaban J connectivity index is 1.52. The van der Waals surface area contributed by atoms with E-state index < -0.39 is 0 Å². The lowest BCUT2D eigenvalue weighted by Gasteiger charge is -2.10. The smallest absolute Gasteiger partial charge is 0.269 e. The molecule has 6 heteroatoms. The largest absolute Gasteiger partial charge is 0.457 e. The van der Waals surface area contributed by atoms with Crippen molar-refractivity contribution >= 4 is 22.6 Å². The minimum Gasteiger partial charge on any atom is -0.457 e. The summed E-state index contributed by atoms with van der Waals surface area (Å²) in [5.41, 5.74) is 1.34. The van der Waals surface area contributed by atoms with Crippen LogP contribution in [0, 0.1) is 0 Å². The molecule has 2 aromatic heterocycles. The molecular formula is C20H22N4O2. The molecule has 1 saturated carbocycles. The lowest BCUT2D eigenvalue weighted by Crippen LogP contribution is -2.18. The van der Waals surface area contributed by atoms with E-state index in [0.29, 0.717) is 23.2 Å². The number of hydrogen-bond donors (Lipinski definition) is 3. The Morgan fingerprint density at radius 1 is 1.15 bits per heavy atom. The number of hydrogen-bond acceptors (Lipinski definition) is 4. The van der Waals surface area contributed by atoms with E-state index in [1.165, 1.54) is 25.7 Å². The maximum absolute atomic E-state index is 11.7. The molecule has 26 heavy (non-hydrogen) atoms. The average Bonchev–Trinajstić information content (AvgIpc) is 3.30. The van der Waals surface area contributed by atoms with Crippen molar-refractivity contribution < 1.29 is 9.53 Å². The van der Waals surface area contributed by atoms with Crippen LogP contribution in [0.15, 0.2) is 42.6 Å². The van der Waals surface area contributed by atoms with Crippen LogP contribution in [0.2, 0.25) is 0 Å². The third kappa shape index (κ3) is 3.49. The summed E-state index contributed by atoms with van der Waals surface area (Å²) in [6.45, 7) is 0. The number of carbonyl (C=O) groups is 1. The molecule has 1 amide bonds. The SMILES string of the molecule is CNC(=O)c1cc(Oc2ccc3cc(NC4CCCC4)[nH]c3c2)ccn1. The molecule has 3 aromatic rings. The molecule has 0 atom stereocenters. The van der Waals surface area contributed by atoms with Crippen LogP contribution in [0.4, 0.5) is 5.82 Å². The Morgan fingerprint density at radius 2 is 1.96 bits per heavy atom. The minimum atomic E-state index is -0.238. The van der Waals surface area contributed by atoms with Gasteiger partial charge in [-0.3, -0.25) is 9.78 Å². The molecule has 134 valence electrons. The number of fused-ring (bicyclic) bond motifs is 1. The number of amides is 1. The van der Waals surface area contributed by atoms with Crippen molar-refractivity contribution in [2.45, 2.75) is 31.7 Å². The number of pyridine rings is 1. The summed E-state index contributed by atoms with van der Waals surface area (Å²) in [5, 5.41) is 7.27. The van der Waals surface area contributed by atoms with Crippen LogP contribution in [0.1, 0.15) is 36.2 Å². The zero-order valence-electron chi connectivity index (χ0n) is 14.7. The first-order valence-electron chi connectivity index (χ1n) is 8.96. The van der Waals surface area contributed by atoms with Gasteiger partial charge in [0.1, 0.15) is 23.0 Å². The summed E-state index contributed by atoms with van der Waals surface area (Å²) in [7, 11) is 1.58. The van der Waals surface area contributed by atoms with E-state index in [0.717, 1.165) is 16.7 Å². The fraction of sp³-hybridized carbons (Fsp3) is 0.300.